The molecular formula is C29H28ClFN2O3. The summed E-state index contributed by atoms with van der Waals surface area (Å²) in [5.74, 6) is -0.546. The van der Waals surface area contributed by atoms with Gasteiger partial charge in [-0.15, -0.1) is 0 Å². The maximum atomic E-state index is 14.5. The van der Waals surface area contributed by atoms with E-state index >= 15 is 0 Å². The molecule has 36 heavy (non-hydrogen) atoms. The smallest absolute Gasteiger partial charge is 0.339 e. The number of para-hydroxylation sites is 1. The number of amides is 1. The van der Waals surface area contributed by atoms with Crippen LogP contribution in [-0.4, -0.2) is 41.5 Å². The molecule has 0 bridgehead atoms. The Balaban J connectivity index is 1.46. The van der Waals surface area contributed by atoms with Crippen LogP contribution in [0.4, 0.5) is 4.39 Å². The first-order chi connectivity index (χ1) is 17.5. The van der Waals surface area contributed by atoms with E-state index in [1.54, 1.807) is 23.1 Å². The number of hydrogen-bond donors (Lipinski definition) is 0. The summed E-state index contributed by atoms with van der Waals surface area (Å²) >= 11 is 6.25. The molecule has 2 aromatic carbocycles. The molecular weight excluding hydrogens is 479 g/mol. The van der Waals surface area contributed by atoms with E-state index in [2.05, 4.69) is 0 Å². The second kappa shape index (κ2) is 10.4. The number of allylic oxidation sites excluding steroid dienone is 1. The van der Waals surface area contributed by atoms with E-state index in [1.165, 1.54) is 6.07 Å². The minimum absolute atomic E-state index is 0.165. The normalized spacial score (nSPS) is 15.8. The molecule has 5 nitrogen and oxygen atoms in total. The maximum absolute atomic E-state index is 14.5. The number of fused-ring (bicyclic) bond motifs is 2. The van der Waals surface area contributed by atoms with E-state index in [-0.39, 0.29) is 12.5 Å². The minimum atomic E-state index is -0.536. The monoisotopic (exact) mass is 506 g/mol. The molecule has 1 heterocycles. The number of hydrogen-bond acceptors (Lipinski definition) is 4. The molecule has 1 amide bonds. The SMILES string of the molecule is CCCN(CC1CC1)C(=O)COC(=O)c1c2c(nc3ccccc13)C(=Cc1c(F)cccc1Cl)CC2. The summed E-state index contributed by atoms with van der Waals surface area (Å²) in [4.78, 5) is 32.8. The minimum Gasteiger partial charge on any atom is -0.452 e. The fourth-order valence-electron chi connectivity index (χ4n) is 4.83. The Morgan fingerprint density at radius 1 is 1.17 bits per heavy atom. The summed E-state index contributed by atoms with van der Waals surface area (Å²) in [5, 5.41) is 1.000. The lowest BCUT2D eigenvalue weighted by Gasteiger charge is -2.22. The molecule has 5 rings (SSSR count). The number of carbonyl (C=O) groups excluding carboxylic acids is 2. The van der Waals surface area contributed by atoms with Crippen LogP contribution in [0.5, 0.6) is 0 Å². The Hall–Kier alpha value is -3.25. The summed E-state index contributed by atoms with van der Waals surface area (Å²) in [6.07, 6.45) is 6.02. The van der Waals surface area contributed by atoms with Gasteiger partial charge in [0, 0.05) is 24.0 Å². The van der Waals surface area contributed by atoms with Crippen LogP contribution in [0.15, 0.2) is 42.5 Å². The molecule has 1 fully saturated rings. The second-order valence-corrected chi connectivity index (χ2v) is 9.90. The highest BCUT2D eigenvalue weighted by Crippen LogP contribution is 2.39. The first-order valence-electron chi connectivity index (χ1n) is 12.5. The molecule has 0 spiro atoms. The molecule has 1 saturated carbocycles. The van der Waals surface area contributed by atoms with Gasteiger partial charge < -0.3 is 9.64 Å². The zero-order valence-electron chi connectivity index (χ0n) is 20.2. The van der Waals surface area contributed by atoms with Crippen LogP contribution < -0.4 is 0 Å². The predicted molar refractivity (Wildman–Crippen MR) is 139 cm³/mol. The quantitative estimate of drug-likeness (QED) is 0.335. The van der Waals surface area contributed by atoms with Crippen molar-refractivity contribution in [3.63, 3.8) is 0 Å². The van der Waals surface area contributed by atoms with Crippen LogP contribution in [0.1, 0.15) is 59.8 Å². The molecule has 0 unspecified atom stereocenters. The lowest BCUT2D eigenvalue weighted by atomic mass is 10.0. The largest absolute Gasteiger partial charge is 0.452 e. The number of esters is 1. The van der Waals surface area contributed by atoms with Crippen LogP contribution in [0.25, 0.3) is 22.6 Å². The Morgan fingerprint density at radius 3 is 2.72 bits per heavy atom. The van der Waals surface area contributed by atoms with Crippen LogP contribution >= 0.6 is 11.6 Å². The van der Waals surface area contributed by atoms with Crippen molar-refractivity contribution in [1.29, 1.82) is 0 Å². The molecule has 2 aliphatic carbocycles. The van der Waals surface area contributed by atoms with Gasteiger partial charge in [0.25, 0.3) is 5.91 Å². The van der Waals surface area contributed by atoms with Gasteiger partial charge in [0.15, 0.2) is 6.61 Å². The van der Waals surface area contributed by atoms with Crippen LogP contribution in [0.3, 0.4) is 0 Å². The van der Waals surface area contributed by atoms with Crippen LogP contribution in [0.2, 0.25) is 5.02 Å². The van der Waals surface area contributed by atoms with E-state index in [0.29, 0.717) is 58.1 Å². The molecule has 0 radical (unpaired) electrons. The third-order valence-electron chi connectivity index (χ3n) is 6.81. The van der Waals surface area contributed by atoms with Crippen molar-refractivity contribution in [1.82, 2.24) is 9.88 Å². The Morgan fingerprint density at radius 2 is 1.97 bits per heavy atom. The van der Waals surface area contributed by atoms with Crippen molar-refractivity contribution in [2.24, 2.45) is 5.92 Å². The van der Waals surface area contributed by atoms with Gasteiger partial charge >= 0.3 is 5.97 Å². The first kappa shape index (κ1) is 24.4. The Bertz CT molecular complexity index is 1350. The van der Waals surface area contributed by atoms with Gasteiger partial charge in [0.05, 0.1) is 21.8 Å². The molecule has 0 aliphatic heterocycles. The number of rotatable bonds is 8. The highest BCUT2D eigenvalue weighted by atomic mass is 35.5. The number of aromatic nitrogens is 1. The summed E-state index contributed by atoms with van der Waals surface area (Å²) in [6.45, 7) is 3.13. The van der Waals surface area contributed by atoms with Crippen molar-refractivity contribution in [2.45, 2.75) is 39.0 Å². The van der Waals surface area contributed by atoms with E-state index in [4.69, 9.17) is 21.3 Å². The number of ether oxygens (including phenoxy) is 1. The molecule has 186 valence electrons. The summed E-state index contributed by atoms with van der Waals surface area (Å²) < 4.78 is 20.0. The number of halogens is 2. The second-order valence-electron chi connectivity index (χ2n) is 9.50. The molecule has 7 heteroatoms. The average molecular weight is 507 g/mol. The molecule has 1 aromatic heterocycles. The van der Waals surface area contributed by atoms with Gasteiger partial charge in [-0.25, -0.2) is 14.2 Å². The van der Waals surface area contributed by atoms with Gasteiger partial charge in [0.2, 0.25) is 0 Å². The van der Waals surface area contributed by atoms with Crippen molar-refractivity contribution >= 4 is 46.0 Å². The standard InChI is InChI=1S/C29H28ClFN2O3/c1-2-14-33(16-18-10-11-18)26(34)17-36-29(35)27-20-6-3-4-9-25(20)32-28-19(12-13-21(27)28)15-22-23(30)7-5-8-24(22)31/h3-9,15,18H,2,10-14,16-17H2,1H3. The average Bonchev–Trinajstić information content (AvgIpc) is 3.61. The van der Waals surface area contributed by atoms with Crippen molar-refractivity contribution in [3.8, 4) is 0 Å². The number of pyridine rings is 1. The highest BCUT2D eigenvalue weighted by molar-refractivity contribution is 6.32. The zero-order chi connectivity index (χ0) is 25.2. The van der Waals surface area contributed by atoms with E-state index in [9.17, 15) is 14.0 Å². The zero-order valence-corrected chi connectivity index (χ0v) is 21.0. The number of nitrogens with zero attached hydrogens (tertiary/aromatic N) is 2. The Labute approximate surface area is 214 Å². The highest BCUT2D eigenvalue weighted by Gasteiger charge is 2.30. The Kier molecular flexibility index (Phi) is 7.06. The number of carbonyl (C=O) groups is 2. The van der Waals surface area contributed by atoms with Crippen LogP contribution in [-0.2, 0) is 16.0 Å². The van der Waals surface area contributed by atoms with Crippen molar-refractivity contribution in [2.75, 3.05) is 19.7 Å². The van der Waals surface area contributed by atoms with Gasteiger partial charge in [-0.3, -0.25) is 4.79 Å². The lowest BCUT2D eigenvalue weighted by Crippen LogP contribution is -2.37. The molecule has 0 atom stereocenters. The van der Waals surface area contributed by atoms with Crippen LogP contribution in [0, 0.1) is 11.7 Å². The predicted octanol–water partition coefficient (Wildman–Crippen LogP) is 6.32. The van der Waals surface area contributed by atoms with Gasteiger partial charge in [-0.05, 0) is 73.4 Å². The number of benzene rings is 2. The molecule has 0 N–H and O–H groups in total. The third-order valence-corrected chi connectivity index (χ3v) is 7.14. The first-order valence-corrected chi connectivity index (χ1v) is 12.9. The van der Waals surface area contributed by atoms with E-state index in [0.717, 1.165) is 36.9 Å². The fourth-order valence-corrected chi connectivity index (χ4v) is 5.04. The topological polar surface area (TPSA) is 59.5 Å². The molecule has 2 aliphatic rings. The van der Waals surface area contributed by atoms with Gasteiger partial charge in [-0.2, -0.15) is 0 Å². The molecule has 3 aromatic rings. The van der Waals surface area contributed by atoms with Gasteiger partial charge in [-0.1, -0.05) is 42.8 Å². The van der Waals surface area contributed by atoms with E-state index in [1.807, 2.05) is 31.2 Å². The molecule has 0 saturated heterocycles. The summed E-state index contributed by atoms with van der Waals surface area (Å²) in [5.41, 5.74) is 3.59. The maximum Gasteiger partial charge on any atom is 0.339 e. The lowest BCUT2D eigenvalue weighted by molar-refractivity contribution is -0.134. The third kappa shape index (κ3) is 5.00. The van der Waals surface area contributed by atoms with E-state index < -0.39 is 11.8 Å². The summed E-state index contributed by atoms with van der Waals surface area (Å²) in [7, 11) is 0. The van der Waals surface area contributed by atoms with Gasteiger partial charge in [0.1, 0.15) is 5.82 Å². The summed E-state index contributed by atoms with van der Waals surface area (Å²) in [6, 6.07) is 12.0. The van der Waals surface area contributed by atoms with Crippen molar-refractivity contribution < 1.29 is 18.7 Å². The fraction of sp³-hybridized carbons (Fsp3) is 0.345. The van der Waals surface area contributed by atoms with Crippen molar-refractivity contribution in [3.05, 3.63) is 75.7 Å².